The summed E-state index contributed by atoms with van der Waals surface area (Å²) >= 11 is 0. The molecule has 16 heavy (non-hydrogen) atoms. The number of aromatic hydroxyl groups is 1. The zero-order valence-electron chi connectivity index (χ0n) is 8.65. The van der Waals surface area contributed by atoms with Crippen molar-refractivity contribution in [3.63, 3.8) is 0 Å². The molecule has 1 rings (SSSR count). The number of nitro groups is 1. The van der Waals surface area contributed by atoms with E-state index in [1.165, 1.54) is 12.1 Å². The van der Waals surface area contributed by atoms with Crippen molar-refractivity contribution in [1.29, 1.82) is 0 Å². The maximum atomic E-state index is 11.8. The van der Waals surface area contributed by atoms with E-state index in [2.05, 4.69) is 5.32 Å². The summed E-state index contributed by atoms with van der Waals surface area (Å²) in [6.45, 7) is 0.609. The second kappa shape index (κ2) is 6.02. The summed E-state index contributed by atoms with van der Waals surface area (Å²) in [5, 5.41) is 22.7. The summed E-state index contributed by atoms with van der Waals surface area (Å²) in [6, 6.07) is 4.14. The van der Waals surface area contributed by atoms with Crippen LogP contribution < -0.4 is 5.32 Å². The third-order valence-electron chi connectivity index (χ3n) is 2.05. The van der Waals surface area contributed by atoms with Gasteiger partial charge in [-0.2, -0.15) is 0 Å². The standard InChI is InChI=1S/C10H13FN2O3/c11-4-1-5-12-7-8-2-3-9(13(15)16)10(14)6-8/h2-3,6,12,14H,1,4-5,7H2. The largest absolute Gasteiger partial charge is 0.502 e. The summed E-state index contributed by atoms with van der Waals surface area (Å²) in [4.78, 5) is 9.78. The fourth-order valence-corrected chi connectivity index (χ4v) is 1.26. The van der Waals surface area contributed by atoms with Gasteiger partial charge in [-0.3, -0.25) is 14.5 Å². The molecule has 0 spiro atoms. The topological polar surface area (TPSA) is 75.4 Å². The molecule has 0 saturated heterocycles. The molecule has 0 aromatic heterocycles. The van der Waals surface area contributed by atoms with E-state index in [0.29, 0.717) is 19.5 Å². The third kappa shape index (κ3) is 3.47. The summed E-state index contributed by atoms with van der Waals surface area (Å²) in [5.41, 5.74) is 0.412. The number of halogens is 1. The molecular weight excluding hydrogens is 215 g/mol. The second-order valence-corrected chi connectivity index (χ2v) is 3.30. The summed E-state index contributed by atoms with van der Waals surface area (Å²) in [7, 11) is 0. The van der Waals surface area contributed by atoms with Crippen molar-refractivity contribution >= 4 is 5.69 Å². The summed E-state index contributed by atoms with van der Waals surface area (Å²) in [6.07, 6.45) is 0.430. The first-order valence-corrected chi connectivity index (χ1v) is 4.88. The number of phenols is 1. The average molecular weight is 228 g/mol. The van der Waals surface area contributed by atoms with Crippen molar-refractivity contribution in [3.8, 4) is 5.75 Å². The number of phenolic OH excluding ortho intramolecular Hbond substituents is 1. The van der Waals surface area contributed by atoms with E-state index >= 15 is 0 Å². The van der Waals surface area contributed by atoms with Crippen LogP contribution in [0.25, 0.3) is 0 Å². The highest BCUT2D eigenvalue weighted by atomic mass is 19.1. The van der Waals surface area contributed by atoms with Crippen molar-refractivity contribution in [2.45, 2.75) is 13.0 Å². The molecule has 1 aromatic rings. The highest BCUT2D eigenvalue weighted by Crippen LogP contribution is 2.25. The first kappa shape index (κ1) is 12.4. The lowest BCUT2D eigenvalue weighted by Gasteiger charge is -2.04. The Balaban J connectivity index is 2.56. The van der Waals surface area contributed by atoms with E-state index in [1.807, 2.05) is 0 Å². The van der Waals surface area contributed by atoms with Gasteiger partial charge < -0.3 is 10.4 Å². The molecule has 6 heteroatoms. The van der Waals surface area contributed by atoms with Gasteiger partial charge >= 0.3 is 5.69 Å². The van der Waals surface area contributed by atoms with Crippen molar-refractivity contribution in [3.05, 3.63) is 33.9 Å². The van der Waals surface area contributed by atoms with Crippen LogP contribution in [-0.4, -0.2) is 23.2 Å². The van der Waals surface area contributed by atoms with E-state index in [9.17, 15) is 19.6 Å². The average Bonchev–Trinajstić information content (AvgIpc) is 2.24. The molecule has 0 aliphatic rings. The first-order valence-electron chi connectivity index (χ1n) is 4.88. The zero-order valence-corrected chi connectivity index (χ0v) is 8.65. The van der Waals surface area contributed by atoms with Gasteiger partial charge in [0.2, 0.25) is 0 Å². The number of nitro benzene ring substituents is 1. The van der Waals surface area contributed by atoms with E-state index in [4.69, 9.17) is 0 Å². The molecule has 0 aliphatic heterocycles. The molecular formula is C10H13FN2O3. The normalized spacial score (nSPS) is 10.3. The molecule has 0 amide bonds. The number of benzene rings is 1. The molecule has 0 aliphatic carbocycles. The third-order valence-corrected chi connectivity index (χ3v) is 2.05. The highest BCUT2D eigenvalue weighted by Gasteiger charge is 2.12. The van der Waals surface area contributed by atoms with Gasteiger partial charge in [-0.15, -0.1) is 0 Å². The Hall–Kier alpha value is -1.69. The van der Waals surface area contributed by atoms with Crippen LogP contribution in [0.15, 0.2) is 18.2 Å². The van der Waals surface area contributed by atoms with Crippen LogP contribution >= 0.6 is 0 Å². The first-order chi connectivity index (χ1) is 7.65. The lowest BCUT2D eigenvalue weighted by molar-refractivity contribution is -0.385. The Kier molecular flexibility index (Phi) is 4.65. The van der Waals surface area contributed by atoms with Gasteiger partial charge in [-0.1, -0.05) is 6.07 Å². The van der Waals surface area contributed by atoms with Crippen LogP contribution in [0.2, 0.25) is 0 Å². The van der Waals surface area contributed by atoms with Gasteiger partial charge in [0, 0.05) is 12.6 Å². The zero-order chi connectivity index (χ0) is 12.0. The quantitative estimate of drug-likeness (QED) is 0.442. The molecule has 0 fully saturated rings. The molecule has 5 nitrogen and oxygen atoms in total. The monoisotopic (exact) mass is 228 g/mol. The second-order valence-electron chi connectivity index (χ2n) is 3.30. The van der Waals surface area contributed by atoms with Gasteiger partial charge in [-0.25, -0.2) is 0 Å². The Morgan fingerprint density at radius 1 is 1.50 bits per heavy atom. The van der Waals surface area contributed by atoms with Crippen LogP contribution in [0.4, 0.5) is 10.1 Å². The molecule has 0 heterocycles. The van der Waals surface area contributed by atoms with Crippen molar-refractivity contribution in [2.75, 3.05) is 13.2 Å². The van der Waals surface area contributed by atoms with Gasteiger partial charge in [0.15, 0.2) is 5.75 Å². The van der Waals surface area contributed by atoms with Crippen molar-refractivity contribution < 1.29 is 14.4 Å². The Labute approximate surface area is 92.1 Å². The molecule has 88 valence electrons. The van der Waals surface area contributed by atoms with Crippen molar-refractivity contribution in [1.82, 2.24) is 5.32 Å². The minimum atomic E-state index is -0.643. The number of nitrogens with zero attached hydrogens (tertiary/aromatic N) is 1. The van der Waals surface area contributed by atoms with Crippen LogP contribution in [0.3, 0.4) is 0 Å². The smallest absolute Gasteiger partial charge is 0.310 e. The molecule has 1 aromatic carbocycles. The van der Waals surface area contributed by atoms with E-state index in [0.717, 1.165) is 5.56 Å². The van der Waals surface area contributed by atoms with Crippen LogP contribution in [0, 0.1) is 10.1 Å². The van der Waals surface area contributed by atoms with Gasteiger partial charge in [0.1, 0.15) is 0 Å². The van der Waals surface area contributed by atoms with Crippen LogP contribution in [-0.2, 0) is 6.54 Å². The SMILES string of the molecule is O=[N+]([O-])c1ccc(CNCCCF)cc1O. The molecule has 0 atom stereocenters. The minimum Gasteiger partial charge on any atom is -0.502 e. The maximum Gasteiger partial charge on any atom is 0.310 e. The van der Waals surface area contributed by atoms with Gasteiger partial charge in [-0.05, 0) is 24.6 Å². The maximum absolute atomic E-state index is 11.8. The molecule has 0 bridgehead atoms. The predicted molar refractivity (Wildman–Crippen MR) is 57.1 cm³/mol. The van der Waals surface area contributed by atoms with Crippen LogP contribution in [0.1, 0.15) is 12.0 Å². The van der Waals surface area contributed by atoms with Gasteiger partial charge in [0.25, 0.3) is 0 Å². The molecule has 0 radical (unpaired) electrons. The van der Waals surface area contributed by atoms with Crippen LogP contribution in [0.5, 0.6) is 5.75 Å². The highest BCUT2D eigenvalue weighted by molar-refractivity contribution is 5.47. The summed E-state index contributed by atoms with van der Waals surface area (Å²) in [5.74, 6) is -0.352. The fraction of sp³-hybridized carbons (Fsp3) is 0.400. The number of alkyl halides is 1. The van der Waals surface area contributed by atoms with E-state index < -0.39 is 4.92 Å². The molecule has 0 saturated carbocycles. The molecule has 2 N–H and O–H groups in total. The van der Waals surface area contributed by atoms with E-state index in [1.54, 1.807) is 6.07 Å². The number of nitrogens with one attached hydrogen (secondary N) is 1. The number of rotatable bonds is 6. The fourth-order valence-electron chi connectivity index (χ4n) is 1.26. The Morgan fingerprint density at radius 2 is 2.25 bits per heavy atom. The van der Waals surface area contributed by atoms with E-state index in [-0.39, 0.29) is 18.1 Å². The molecule has 0 unspecified atom stereocenters. The summed E-state index contributed by atoms with van der Waals surface area (Å²) < 4.78 is 11.8. The number of hydrogen-bond donors (Lipinski definition) is 2. The predicted octanol–water partition coefficient (Wildman–Crippen LogP) is 1.75. The lowest BCUT2D eigenvalue weighted by Crippen LogP contribution is -2.15. The lowest BCUT2D eigenvalue weighted by atomic mass is 10.2. The Bertz CT molecular complexity index is 371. The number of hydrogen-bond acceptors (Lipinski definition) is 4. The van der Waals surface area contributed by atoms with Gasteiger partial charge in [0.05, 0.1) is 11.6 Å². The Morgan fingerprint density at radius 3 is 2.81 bits per heavy atom. The minimum absolute atomic E-state index is 0.312. The van der Waals surface area contributed by atoms with Crippen molar-refractivity contribution in [2.24, 2.45) is 0 Å².